The summed E-state index contributed by atoms with van der Waals surface area (Å²) >= 11 is 0. The second-order valence-corrected chi connectivity index (χ2v) is 15.3. The van der Waals surface area contributed by atoms with Gasteiger partial charge in [0.2, 0.25) is 0 Å². The quantitative estimate of drug-likeness (QED) is 0.153. The van der Waals surface area contributed by atoms with E-state index in [1.54, 1.807) is 0 Å². The van der Waals surface area contributed by atoms with Gasteiger partial charge in [0.25, 0.3) is 0 Å². The van der Waals surface area contributed by atoms with Crippen molar-refractivity contribution in [2.75, 3.05) is 4.90 Å². The van der Waals surface area contributed by atoms with E-state index >= 15 is 0 Å². The Balaban J connectivity index is 1.25. The molecule has 0 unspecified atom stereocenters. The third-order valence-corrected chi connectivity index (χ3v) is 11.6. The minimum atomic E-state index is 0.865. The van der Waals surface area contributed by atoms with Gasteiger partial charge in [-0.2, -0.15) is 0 Å². The summed E-state index contributed by atoms with van der Waals surface area (Å²) in [5.41, 5.74) is 16.4. The van der Waals surface area contributed by atoms with Gasteiger partial charge < -0.3 is 9.32 Å². The molecule has 0 spiro atoms. The molecule has 2 heteroatoms. The number of hydrogen-bond donors (Lipinski definition) is 0. The number of nitrogens with zero attached hydrogens (tertiary/aromatic N) is 1. The van der Waals surface area contributed by atoms with Crippen LogP contribution in [-0.4, -0.2) is 0 Å². The van der Waals surface area contributed by atoms with Crippen molar-refractivity contribution < 1.29 is 4.42 Å². The van der Waals surface area contributed by atoms with Crippen LogP contribution in [0.4, 0.5) is 17.1 Å². The average molecular weight is 766 g/mol. The van der Waals surface area contributed by atoms with E-state index in [-0.39, 0.29) is 0 Å². The molecule has 0 atom stereocenters. The summed E-state index contributed by atoms with van der Waals surface area (Å²) < 4.78 is 6.55. The lowest BCUT2D eigenvalue weighted by Crippen LogP contribution is -2.12. The van der Waals surface area contributed by atoms with Gasteiger partial charge in [0, 0.05) is 27.7 Å². The lowest BCUT2D eigenvalue weighted by atomic mass is 9.89. The monoisotopic (exact) mass is 765 g/mol. The summed E-state index contributed by atoms with van der Waals surface area (Å²) in [6.45, 7) is 0. The van der Waals surface area contributed by atoms with E-state index in [2.05, 4.69) is 235 Å². The first-order chi connectivity index (χ1) is 29.8. The molecule has 2 nitrogen and oxygen atoms in total. The van der Waals surface area contributed by atoms with Crippen LogP contribution in [0.1, 0.15) is 0 Å². The molecule has 1 aromatic heterocycles. The van der Waals surface area contributed by atoms with Crippen molar-refractivity contribution in [2.24, 2.45) is 0 Å². The van der Waals surface area contributed by atoms with Crippen molar-refractivity contribution in [3.05, 3.63) is 237 Å². The second kappa shape index (κ2) is 15.1. The Morgan fingerprint density at radius 1 is 0.300 bits per heavy atom. The highest BCUT2D eigenvalue weighted by molar-refractivity contribution is 6.16. The van der Waals surface area contributed by atoms with Crippen molar-refractivity contribution in [1.29, 1.82) is 0 Å². The number of rotatable bonds is 8. The maximum absolute atomic E-state index is 6.55. The first kappa shape index (κ1) is 35.2. The lowest BCUT2D eigenvalue weighted by Gasteiger charge is -2.30. The first-order valence-electron chi connectivity index (χ1n) is 20.5. The molecular weight excluding hydrogens is 727 g/mol. The van der Waals surface area contributed by atoms with Crippen molar-refractivity contribution in [3.8, 4) is 55.6 Å². The zero-order chi connectivity index (χ0) is 39.8. The van der Waals surface area contributed by atoms with Crippen LogP contribution < -0.4 is 4.90 Å². The molecule has 60 heavy (non-hydrogen) atoms. The summed E-state index contributed by atoms with van der Waals surface area (Å²) in [6, 6.07) is 85.1. The summed E-state index contributed by atoms with van der Waals surface area (Å²) in [5, 5.41) is 4.65. The fourth-order valence-electron chi connectivity index (χ4n) is 8.90. The van der Waals surface area contributed by atoms with Crippen LogP contribution in [0.3, 0.4) is 0 Å². The van der Waals surface area contributed by atoms with E-state index in [0.29, 0.717) is 0 Å². The van der Waals surface area contributed by atoms with Gasteiger partial charge in [-0.1, -0.05) is 188 Å². The number of benzene rings is 10. The maximum atomic E-state index is 6.55. The molecule has 11 rings (SSSR count). The highest BCUT2D eigenvalue weighted by Gasteiger charge is 2.25. The molecule has 0 N–H and O–H groups in total. The number of anilines is 3. The van der Waals surface area contributed by atoms with Crippen molar-refractivity contribution in [3.63, 3.8) is 0 Å². The normalized spacial score (nSPS) is 11.3. The summed E-state index contributed by atoms with van der Waals surface area (Å²) in [6.07, 6.45) is 0. The molecular formula is C58H39NO. The Bertz CT molecular complexity index is 3250. The number of hydrogen-bond acceptors (Lipinski definition) is 2. The molecule has 282 valence electrons. The number of para-hydroxylation sites is 1. The molecule has 0 fully saturated rings. The van der Waals surface area contributed by atoms with E-state index in [4.69, 9.17) is 4.42 Å². The summed E-state index contributed by atoms with van der Waals surface area (Å²) in [7, 11) is 0. The highest BCUT2D eigenvalue weighted by Crippen LogP contribution is 2.50. The van der Waals surface area contributed by atoms with Crippen LogP contribution in [0.15, 0.2) is 241 Å². The van der Waals surface area contributed by atoms with Gasteiger partial charge in [0.15, 0.2) is 0 Å². The van der Waals surface area contributed by atoms with Gasteiger partial charge in [0.1, 0.15) is 11.2 Å². The zero-order valence-corrected chi connectivity index (χ0v) is 32.9. The maximum Gasteiger partial charge on any atom is 0.136 e. The second-order valence-electron chi connectivity index (χ2n) is 15.3. The van der Waals surface area contributed by atoms with Crippen molar-refractivity contribution in [1.82, 2.24) is 0 Å². The number of furan rings is 1. The fourth-order valence-corrected chi connectivity index (χ4v) is 8.90. The Morgan fingerprint density at radius 3 is 1.57 bits per heavy atom. The molecule has 0 saturated heterocycles. The topological polar surface area (TPSA) is 16.4 Å². The predicted molar refractivity (Wildman–Crippen MR) is 253 cm³/mol. The summed E-state index contributed by atoms with van der Waals surface area (Å²) in [5.74, 6) is 0. The largest absolute Gasteiger partial charge is 0.456 e. The standard InChI is InChI=1S/C58H39NO/c1-4-18-40(19-5-1)45-36-46(41-20-6-2-7-21-41)39-48(38-45)59(47-27-14-26-44(37-47)50-30-15-25-42-24-10-11-28-49(42)50)54-33-16-31-51(43-22-8-3-9-23-43)57(54)53-32-17-35-56-58(53)52-29-12-13-34-55(52)60-56/h1-39H. The van der Waals surface area contributed by atoms with Gasteiger partial charge in [-0.3, -0.25) is 0 Å². The molecule has 0 aliphatic heterocycles. The average Bonchev–Trinajstić information content (AvgIpc) is 3.71. The Labute approximate surface area is 349 Å². The first-order valence-corrected chi connectivity index (χ1v) is 20.5. The van der Waals surface area contributed by atoms with Crippen LogP contribution >= 0.6 is 0 Å². The molecule has 11 aromatic rings. The fraction of sp³-hybridized carbons (Fsp3) is 0. The minimum absolute atomic E-state index is 0.865. The van der Waals surface area contributed by atoms with Gasteiger partial charge in [-0.05, 0) is 109 Å². The van der Waals surface area contributed by atoms with E-state index in [9.17, 15) is 0 Å². The van der Waals surface area contributed by atoms with E-state index in [0.717, 1.165) is 89.1 Å². The molecule has 0 radical (unpaired) electrons. The zero-order valence-electron chi connectivity index (χ0n) is 32.9. The van der Waals surface area contributed by atoms with Crippen molar-refractivity contribution in [2.45, 2.75) is 0 Å². The Morgan fingerprint density at radius 2 is 0.817 bits per heavy atom. The summed E-state index contributed by atoms with van der Waals surface area (Å²) in [4.78, 5) is 2.47. The van der Waals surface area contributed by atoms with Crippen LogP contribution in [0.5, 0.6) is 0 Å². The smallest absolute Gasteiger partial charge is 0.136 e. The molecule has 0 bridgehead atoms. The number of fused-ring (bicyclic) bond motifs is 4. The van der Waals surface area contributed by atoms with E-state index in [1.807, 2.05) is 6.07 Å². The third kappa shape index (κ3) is 6.32. The van der Waals surface area contributed by atoms with Crippen LogP contribution in [0.2, 0.25) is 0 Å². The predicted octanol–water partition coefficient (Wildman–Crippen LogP) is 16.5. The minimum Gasteiger partial charge on any atom is -0.456 e. The van der Waals surface area contributed by atoms with E-state index in [1.165, 1.54) is 16.3 Å². The van der Waals surface area contributed by atoms with Crippen molar-refractivity contribution >= 4 is 49.8 Å². The van der Waals surface area contributed by atoms with Gasteiger partial charge in [-0.25, -0.2) is 0 Å². The van der Waals surface area contributed by atoms with Crippen LogP contribution in [0.25, 0.3) is 88.3 Å². The molecule has 0 amide bonds. The lowest BCUT2D eigenvalue weighted by molar-refractivity contribution is 0.669. The SMILES string of the molecule is c1ccc(-c2cc(-c3ccccc3)cc(N(c3cccc(-c4cccc5ccccc45)c3)c3cccc(-c4ccccc4)c3-c3cccc4oc5ccccc5c34)c2)cc1. The van der Waals surface area contributed by atoms with Gasteiger partial charge >= 0.3 is 0 Å². The highest BCUT2D eigenvalue weighted by atomic mass is 16.3. The third-order valence-electron chi connectivity index (χ3n) is 11.6. The van der Waals surface area contributed by atoms with E-state index < -0.39 is 0 Å². The molecule has 0 saturated carbocycles. The molecule has 10 aromatic carbocycles. The van der Waals surface area contributed by atoms with Crippen LogP contribution in [-0.2, 0) is 0 Å². The Hall–Kier alpha value is -7.94. The molecule has 1 heterocycles. The van der Waals surface area contributed by atoms with Crippen LogP contribution in [0, 0.1) is 0 Å². The molecule has 0 aliphatic carbocycles. The Kier molecular flexibility index (Phi) is 8.87. The van der Waals surface area contributed by atoms with Gasteiger partial charge in [0.05, 0.1) is 5.69 Å². The van der Waals surface area contributed by atoms with Gasteiger partial charge in [-0.15, -0.1) is 0 Å². The molecule has 0 aliphatic rings.